The molecule has 0 amide bonds. The molecule has 0 saturated carbocycles. The van der Waals surface area contributed by atoms with Crippen molar-refractivity contribution in [3.05, 3.63) is 46.8 Å². The number of benzene rings is 1. The van der Waals surface area contributed by atoms with Gasteiger partial charge in [-0.25, -0.2) is 13.1 Å². The summed E-state index contributed by atoms with van der Waals surface area (Å²) in [4.78, 5) is 0.259. The van der Waals surface area contributed by atoms with Gasteiger partial charge in [-0.15, -0.1) is 0 Å². The Hall–Kier alpha value is -1.70. The normalized spacial score (nSPS) is 14.7. The van der Waals surface area contributed by atoms with Crippen molar-refractivity contribution in [1.82, 2.24) is 15.2 Å². The standard InChI is InChI=1S/C16H23N3O3S/c1-10(18-11(2)16-12(3)19-22-13(16)4)14-6-8-15(9-7-14)23(20,21)17-5/h6-11,17-18H,1-5H3. The lowest BCUT2D eigenvalue weighted by Gasteiger charge is -2.20. The Morgan fingerprint density at radius 2 is 1.70 bits per heavy atom. The molecule has 0 bridgehead atoms. The summed E-state index contributed by atoms with van der Waals surface area (Å²) >= 11 is 0. The summed E-state index contributed by atoms with van der Waals surface area (Å²) in [5.74, 6) is 0.810. The van der Waals surface area contributed by atoms with Gasteiger partial charge in [0.1, 0.15) is 5.76 Å². The van der Waals surface area contributed by atoms with E-state index in [2.05, 4.69) is 22.1 Å². The number of hydrogen-bond acceptors (Lipinski definition) is 5. The van der Waals surface area contributed by atoms with Crippen LogP contribution in [0.4, 0.5) is 0 Å². The maximum Gasteiger partial charge on any atom is 0.240 e. The first kappa shape index (κ1) is 17.7. The number of aromatic nitrogens is 1. The molecule has 2 rings (SSSR count). The fourth-order valence-corrected chi connectivity index (χ4v) is 3.45. The lowest BCUT2D eigenvalue weighted by molar-refractivity contribution is 0.389. The number of sulfonamides is 1. The molecule has 126 valence electrons. The predicted octanol–water partition coefficient (Wildman–Crippen LogP) is 2.61. The van der Waals surface area contributed by atoms with Gasteiger partial charge in [-0.3, -0.25) is 0 Å². The lowest BCUT2D eigenvalue weighted by atomic mass is 10.0. The summed E-state index contributed by atoms with van der Waals surface area (Å²) in [6.45, 7) is 7.92. The molecule has 0 spiro atoms. The van der Waals surface area contributed by atoms with Crippen LogP contribution in [0.2, 0.25) is 0 Å². The first-order valence-corrected chi connectivity index (χ1v) is 8.97. The van der Waals surface area contributed by atoms with Crippen LogP contribution in [0.15, 0.2) is 33.7 Å². The summed E-state index contributed by atoms with van der Waals surface area (Å²) in [6.07, 6.45) is 0. The SMILES string of the molecule is CNS(=O)(=O)c1ccc(C(C)NC(C)c2c(C)noc2C)cc1. The summed E-state index contributed by atoms with van der Waals surface area (Å²) in [7, 11) is -2.00. The Labute approximate surface area is 137 Å². The minimum Gasteiger partial charge on any atom is -0.361 e. The van der Waals surface area contributed by atoms with E-state index in [0.717, 1.165) is 22.6 Å². The Kier molecular flexibility index (Phi) is 5.23. The monoisotopic (exact) mass is 337 g/mol. The third-order valence-corrected chi connectivity index (χ3v) is 5.41. The van der Waals surface area contributed by atoms with Crippen molar-refractivity contribution in [2.75, 3.05) is 7.05 Å². The summed E-state index contributed by atoms with van der Waals surface area (Å²) < 4.78 is 31.0. The fraction of sp³-hybridized carbons (Fsp3) is 0.438. The maximum absolute atomic E-state index is 11.7. The molecular weight excluding hydrogens is 314 g/mol. The average Bonchev–Trinajstić information content (AvgIpc) is 2.86. The van der Waals surface area contributed by atoms with E-state index in [1.165, 1.54) is 7.05 Å². The second kappa shape index (κ2) is 6.82. The molecular formula is C16H23N3O3S. The highest BCUT2D eigenvalue weighted by Gasteiger charge is 2.19. The molecule has 2 aromatic rings. The van der Waals surface area contributed by atoms with E-state index in [1.54, 1.807) is 12.1 Å². The van der Waals surface area contributed by atoms with Gasteiger partial charge in [-0.2, -0.15) is 0 Å². The summed E-state index contributed by atoms with van der Waals surface area (Å²) in [5.41, 5.74) is 2.95. The molecule has 1 aromatic carbocycles. The van der Waals surface area contributed by atoms with Gasteiger partial charge in [-0.05, 0) is 52.4 Å². The van der Waals surface area contributed by atoms with E-state index < -0.39 is 10.0 Å². The largest absolute Gasteiger partial charge is 0.361 e. The molecule has 0 aliphatic rings. The van der Waals surface area contributed by atoms with E-state index in [9.17, 15) is 8.42 Å². The van der Waals surface area contributed by atoms with Crippen molar-refractivity contribution in [3.8, 4) is 0 Å². The van der Waals surface area contributed by atoms with Crippen LogP contribution in [0.25, 0.3) is 0 Å². The topological polar surface area (TPSA) is 84.2 Å². The smallest absolute Gasteiger partial charge is 0.240 e. The van der Waals surface area contributed by atoms with E-state index in [4.69, 9.17) is 4.52 Å². The first-order valence-electron chi connectivity index (χ1n) is 7.48. The van der Waals surface area contributed by atoms with Gasteiger partial charge in [0.2, 0.25) is 10.0 Å². The zero-order chi connectivity index (χ0) is 17.2. The van der Waals surface area contributed by atoms with Gasteiger partial charge in [0, 0.05) is 17.6 Å². The summed E-state index contributed by atoms with van der Waals surface area (Å²) in [6, 6.07) is 7.01. The lowest BCUT2D eigenvalue weighted by Crippen LogP contribution is -2.23. The van der Waals surface area contributed by atoms with Gasteiger partial charge in [0.05, 0.1) is 10.6 Å². The highest BCUT2D eigenvalue weighted by atomic mass is 32.2. The average molecular weight is 337 g/mol. The van der Waals surface area contributed by atoms with Crippen LogP contribution in [-0.4, -0.2) is 20.6 Å². The zero-order valence-corrected chi connectivity index (χ0v) is 14.9. The van der Waals surface area contributed by atoms with E-state index in [-0.39, 0.29) is 17.0 Å². The second-order valence-electron chi connectivity index (χ2n) is 5.62. The molecule has 2 atom stereocenters. The molecule has 0 radical (unpaired) electrons. The third kappa shape index (κ3) is 3.80. The van der Waals surface area contributed by atoms with Crippen molar-refractivity contribution >= 4 is 10.0 Å². The van der Waals surface area contributed by atoms with E-state index in [0.29, 0.717) is 0 Å². The quantitative estimate of drug-likeness (QED) is 0.846. The van der Waals surface area contributed by atoms with Crippen LogP contribution in [0.5, 0.6) is 0 Å². The molecule has 6 nitrogen and oxygen atoms in total. The third-order valence-electron chi connectivity index (χ3n) is 3.98. The van der Waals surface area contributed by atoms with Crippen LogP contribution >= 0.6 is 0 Å². The van der Waals surface area contributed by atoms with Crippen LogP contribution in [0, 0.1) is 13.8 Å². The zero-order valence-electron chi connectivity index (χ0n) is 14.0. The van der Waals surface area contributed by atoms with Gasteiger partial charge in [0.25, 0.3) is 0 Å². The van der Waals surface area contributed by atoms with Crippen LogP contribution in [0.3, 0.4) is 0 Å². The number of nitrogens with one attached hydrogen (secondary N) is 2. The maximum atomic E-state index is 11.7. The van der Waals surface area contributed by atoms with Crippen LogP contribution in [0.1, 0.15) is 48.5 Å². The molecule has 0 aliphatic carbocycles. The fourth-order valence-electron chi connectivity index (χ4n) is 2.72. The molecule has 2 N–H and O–H groups in total. The molecule has 0 aliphatic heterocycles. The highest BCUT2D eigenvalue weighted by molar-refractivity contribution is 7.89. The van der Waals surface area contributed by atoms with E-state index >= 15 is 0 Å². The minimum atomic E-state index is -3.40. The van der Waals surface area contributed by atoms with Gasteiger partial charge < -0.3 is 9.84 Å². The molecule has 1 aromatic heterocycles. The molecule has 7 heteroatoms. The van der Waals surface area contributed by atoms with Gasteiger partial charge >= 0.3 is 0 Å². The Balaban J connectivity index is 2.14. The molecule has 1 heterocycles. The Morgan fingerprint density at radius 1 is 1.09 bits per heavy atom. The molecule has 23 heavy (non-hydrogen) atoms. The van der Waals surface area contributed by atoms with Gasteiger partial charge in [0.15, 0.2) is 0 Å². The van der Waals surface area contributed by atoms with Crippen molar-refractivity contribution in [3.63, 3.8) is 0 Å². The van der Waals surface area contributed by atoms with Crippen molar-refractivity contribution in [2.24, 2.45) is 0 Å². The Bertz CT molecular complexity index is 747. The first-order chi connectivity index (χ1) is 10.8. The van der Waals surface area contributed by atoms with E-state index in [1.807, 2.05) is 32.9 Å². The van der Waals surface area contributed by atoms with Gasteiger partial charge in [-0.1, -0.05) is 17.3 Å². The minimum absolute atomic E-state index is 0.0602. The van der Waals surface area contributed by atoms with Crippen molar-refractivity contribution < 1.29 is 12.9 Å². The number of aryl methyl sites for hydroxylation is 2. The number of nitrogens with zero attached hydrogens (tertiary/aromatic N) is 1. The van der Waals surface area contributed by atoms with Crippen LogP contribution in [-0.2, 0) is 10.0 Å². The highest BCUT2D eigenvalue weighted by Crippen LogP contribution is 2.25. The van der Waals surface area contributed by atoms with Crippen molar-refractivity contribution in [2.45, 2.75) is 44.7 Å². The molecule has 2 unspecified atom stereocenters. The van der Waals surface area contributed by atoms with Crippen LogP contribution < -0.4 is 10.0 Å². The second-order valence-corrected chi connectivity index (χ2v) is 7.51. The molecule has 0 fully saturated rings. The predicted molar refractivity (Wildman–Crippen MR) is 88.6 cm³/mol. The number of rotatable bonds is 6. The van der Waals surface area contributed by atoms with Crippen molar-refractivity contribution in [1.29, 1.82) is 0 Å². The summed E-state index contributed by atoms with van der Waals surface area (Å²) in [5, 5.41) is 7.46. The number of hydrogen-bond donors (Lipinski definition) is 2. The Morgan fingerprint density at radius 3 is 2.17 bits per heavy atom. The molecule has 0 saturated heterocycles.